The molecule has 0 spiro atoms. The summed E-state index contributed by atoms with van der Waals surface area (Å²) in [5.41, 5.74) is 0.606. The lowest BCUT2D eigenvalue weighted by molar-refractivity contribution is 0.0623. The summed E-state index contributed by atoms with van der Waals surface area (Å²) in [6.07, 6.45) is 7.95. The topological polar surface area (TPSA) is 15.3 Å². The Hall–Kier alpha value is -0.0800. The van der Waals surface area contributed by atoms with Gasteiger partial charge in [-0.3, -0.25) is 4.90 Å². The number of hydrogen-bond acceptors (Lipinski definition) is 2. The Bertz CT molecular complexity index is 219. The number of likely N-dealkylation sites (tertiary alicyclic amines) is 1. The summed E-state index contributed by atoms with van der Waals surface area (Å²) in [5, 5.41) is 3.54. The van der Waals surface area contributed by atoms with Crippen LogP contribution in [0.3, 0.4) is 0 Å². The molecule has 2 nitrogen and oxygen atoms in total. The Balaban J connectivity index is 2.57. The molecule has 1 aliphatic rings. The van der Waals surface area contributed by atoms with Crippen molar-refractivity contribution in [3.8, 4) is 0 Å². The minimum Gasteiger partial charge on any atom is -0.315 e. The van der Waals surface area contributed by atoms with Gasteiger partial charge in [0.2, 0.25) is 0 Å². The Morgan fingerprint density at radius 3 is 2.17 bits per heavy atom. The fraction of sp³-hybridized carbons (Fsp3) is 1.00. The third-order valence-electron chi connectivity index (χ3n) is 5.18. The molecule has 2 atom stereocenters. The molecule has 0 aliphatic carbocycles. The third kappa shape index (κ3) is 3.96. The zero-order valence-corrected chi connectivity index (χ0v) is 13.3. The minimum absolute atomic E-state index is 0.606. The van der Waals surface area contributed by atoms with Gasteiger partial charge in [0.15, 0.2) is 0 Å². The van der Waals surface area contributed by atoms with Crippen LogP contribution in [0.15, 0.2) is 0 Å². The van der Waals surface area contributed by atoms with Crippen LogP contribution in [-0.4, -0.2) is 37.1 Å². The zero-order valence-electron chi connectivity index (χ0n) is 13.3. The van der Waals surface area contributed by atoms with E-state index < -0.39 is 0 Å². The molecular weight excluding hydrogens is 220 g/mol. The first kappa shape index (κ1) is 16.0. The van der Waals surface area contributed by atoms with Gasteiger partial charge in [-0.25, -0.2) is 0 Å². The summed E-state index contributed by atoms with van der Waals surface area (Å²) in [5.74, 6) is 0. The van der Waals surface area contributed by atoms with Crippen LogP contribution < -0.4 is 5.32 Å². The Labute approximate surface area is 115 Å². The highest BCUT2D eigenvalue weighted by Crippen LogP contribution is 2.35. The molecule has 0 radical (unpaired) electrons. The van der Waals surface area contributed by atoms with E-state index in [1.54, 1.807) is 0 Å². The highest BCUT2D eigenvalue weighted by atomic mass is 15.2. The highest BCUT2D eigenvalue weighted by molar-refractivity contribution is 4.88. The van der Waals surface area contributed by atoms with Crippen LogP contribution in [0.25, 0.3) is 0 Å². The number of rotatable bonds is 7. The first-order valence-electron chi connectivity index (χ1n) is 8.01. The molecule has 108 valence electrons. The standard InChI is InChI=1S/C16H34N2/c1-6-9-14(17-5)15(7-2)18-12-10-16(4,8-3)11-13-18/h14-15,17H,6-13H2,1-5H3. The minimum atomic E-state index is 0.606. The number of nitrogens with one attached hydrogen (secondary N) is 1. The molecule has 2 unspecified atom stereocenters. The van der Waals surface area contributed by atoms with E-state index in [-0.39, 0.29) is 0 Å². The van der Waals surface area contributed by atoms with Crippen LogP contribution in [0, 0.1) is 5.41 Å². The quantitative estimate of drug-likeness (QED) is 0.746. The van der Waals surface area contributed by atoms with Gasteiger partial charge in [0.05, 0.1) is 0 Å². The third-order valence-corrected chi connectivity index (χ3v) is 5.18. The summed E-state index contributed by atoms with van der Waals surface area (Å²) in [6.45, 7) is 12.0. The normalized spacial score (nSPS) is 23.8. The molecule has 1 N–H and O–H groups in total. The fourth-order valence-corrected chi connectivity index (χ4v) is 3.39. The Kier molecular flexibility index (Phi) is 6.65. The van der Waals surface area contributed by atoms with E-state index in [1.807, 2.05) is 0 Å². The van der Waals surface area contributed by atoms with Crippen LogP contribution in [0.1, 0.15) is 66.2 Å². The lowest BCUT2D eigenvalue weighted by Gasteiger charge is -2.44. The SMILES string of the molecule is CCCC(NC)C(CC)N1CCC(C)(CC)CC1. The molecule has 1 rings (SSSR count). The molecular formula is C16H34N2. The molecule has 0 aromatic rings. The second-order valence-electron chi connectivity index (χ2n) is 6.36. The monoisotopic (exact) mass is 254 g/mol. The second kappa shape index (κ2) is 7.49. The highest BCUT2D eigenvalue weighted by Gasteiger charge is 2.32. The molecule has 1 saturated heterocycles. The van der Waals surface area contributed by atoms with Crippen molar-refractivity contribution in [1.82, 2.24) is 10.2 Å². The molecule has 0 aromatic carbocycles. The van der Waals surface area contributed by atoms with E-state index in [4.69, 9.17) is 0 Å². The summed E-state index contributed by atoms with van der Waals surface area (Å²) >= 11 is 0. The van der Waals surface area contributed by atoms with Gasteiger partial charge < -0.3 is 5.32 Å². The van der Waals surface area contributed by atoms with E-state index in [9.17, 15) is 0 Å². The van der Waals surface area contributed by atoms with E-state index >= 15 is 0 Å². The van der Waals surface area contributed by atoms with E-state index in [0.29, 0.717) is 11.5 Å². The molecule has 1 heterocycles. The molecule has 0 bridgehead atoms. The molecule has 0 aromatic heterocycles. The first-order valence-corrected chi connectivity index (χ1v) is 8.01. The van der Waals surface area contributed by atoms with Gasteiger partial charge in [-0.1, -0.05) is 40.5 Å². The molecule has 0 saturated carbocycles. The number of nitrogens with zero attached hydrogens (tertiary/aromatic N) is 1. The maximum absolute atomic E-state index is 3.54. The maximum Gasteiger partial charge on any atom is 0.0246 e. The van der Waals surface area contributed by atoms with Crippen molar-refractivity contribution in [1.29, 1.82) is 0 Å². The second-order valence-corrected chi connectivity index (χ2v) is 6.36. The Morgan fingerprint density at radius 2 is 1.78 bits per heavy atom. The van der Waals surface area contributed by atoms with Gasteiger partial charge in [-0.2, -0.15) is 0 Å². The van der Waals surface area contributed by atoms with Gasteiger partial charge in [0, 0.05) is 12.1 Å². The predicted molar refractivity (Wildman–Crippen MR) is 81.0 cm³/mol. The average Bonchev–Trinajstić information content (AvgIpc) is 2.40. The van der Waals surface area contributed by atoms with Crippen molar-refractivity contribution in [3.05, 3.63) is 0 Å². The largest absolute Gasteiger partial charge is 0.315 e. The summed E-state index contributed by atoms with van der Waals surface area (Å²) < 4.78 is 0. The number of hydrogen-bond donors (Lipinski definition) is 1. The molecule has 1 aliphatic heterocycles. The summed E-state index contributed by atoms with van der Waals surface area (Å²) in [4.78, 5) is 2.74. The van der Waals surface area contributed by atoms with E-state index in [1.165, 1.54) is 51.6 Å². The molecule has 18 heavy (non-hydrogen) atoms. The summed E-state index contributed by atoms with van der Waals surface area (Å²) in [7, 11) is 2.13. The van der Waals surface area contributed by atoms with Crippen LogP contribution in [-0.2, 0) is 0 Å². The van der Waals surface area contributed by atoms with Crippen molar-refractivity contribution in [2.24, 2.45) is 5.41 Å². The summed E-state index contributed by atoms with van der Waals surface area (Å²) in [6, 6.07) is 1.40. The van der Waals surface area contributed by atoms with Crippen LogP contribution >= 0.6 is 0 Å². The zero-order chi connectivity index (χ0) is 13.6. The lowest BCUT2D eigenvalue weighted by atomic mass is 9.77. The van der Waals surface area contributed by atoms with Gasteiger partial charge in [-0.05, 0) is 51.2 Å². The van der Waals surface area contributed by atoms with Crippen molar-refractivity contribution in [2.75, 3.05) is 20.1 Å². The smallest absolute Gasteiger partial charge is 0.0246 e. The van der Waals surface area contributed by atoms with Crippen LogP contribution in [0.2, 0.25) is 0 Å². The predicted octanol–water partition coefficient (Wildman–Crippen LogP) is 3.67. The molecule has 1 fully saturated rings. The van der Waals surface area contributed by atoms with Crippen LogP contribution in [0.4, 0.5) is 0 Å². The van der Waals surface area contributed by atoms with Crippen molar-refractivity contribution in [3.63, 3.8) is 0 Å². The van der Waals surface area contributed by atoms with Gasteiger partial charge in [0.25, 0.3) is 0 Å². The number of likely N-dealkylation sites (N-methyl/N-ethyl adjacent to an activating group) is 1. The molecule has 0 amide bonds. The Morgan fingerprint density at radius 1 is 1.17 bits per heavy atom. The fourth-order valence-electron chi connectivity index (χ4n) is 3.39. The van der Waals surface area contributed by atoms with Crippen molar-refractivity contribution < 1.29 is 0 Å². The van der Waals surface area contributed by atoms with Gasteiger partial charge >= 0.3 is 0 Å². The lowest BCUT2D eigenvalue weighted by Crippen LogP contribution is -2.52. The molecule has 2 heteroatoms. The first-order chi connectivity index (χ1) is 8.60. The maximum atomic E-state index is 3.54. The van der Waals surface area contributed by atoms with Crippen LogP contribution in [0.5, 0.6) is 0 Å². The van der Waals surface area contributed by atoms with Crippen molar-refractivity contribution in [2.45, 2.75) is 78.3 Å². The van der Waals surface area contributed by atoms with Crippen molar-refractivity contribution >= 4 is 0 Å². The van der Waals surface area contributed by atoms with Gasteiger partial charge in [-0.15, -0.1) is 0 Å². The van der Waals surface area contributed by atoms with E-state index in [0.717, 1.165) is 6.04 Å². The average molecular weight is 254 g/mol. The van der Waals surface area contributed by atoms with E-state index in [2.05, 4.69) is 45.0 Å². The number of piperidine rings is 1. The van der Waals surface area contributed by atoms with Gasteiger partial charge in [0.1, 0.15) is 0 Å².